The van der Waals surface area contributed by atoms with Crippen LogP contribution >= 0.6 is 11.6 Å². The average molecular weight is 184 g/mol. The predicted octanol–water partition coefficient (Wildman–Crippen LogP) is 1.98. The molecule has 1 aromatic heterocycles. The Bertz CT molecular complexity index is 276. The van der Waals surface area contributed by atoms with Crippen molar-refractivity contribution in [1.82, 2.24) is 4.98 Å². The number of aromatic nitrogens is 1. The lowest BCUT2D eigenvalue weighted by Crippen LogP contribution is -1.98. The number of rotatable bonds is 2. The van der Waals surface area contributed by atoms with Gasteiger partial charge in [0.1, 0.15) is 5.15 Å². The van der Waals surface area contributed by atoms with Crippen molar-refractivity contribution in [3.05, 3.63) is 28.5 Å². The predicted molar refractivity (Wildman–Crippen MR) is 47.4 cm³/mol. The molecule has 0 aromatic carbocycles. The van der Waals surface area contributed by atoms with Gasteiger partial charge < -0.3 is 4.74 Å². The smallest absolute Gasteiger partial charge is 0.132 e. The van der Waals surface area contributed by atoms with Crippen molar-refractivity contribution in [1.29, 1.82) is 0 Å². The van der Waals surface area contributed by atoms with Gasteiger partial charge in [0, 0.05) is 12.6 Å². The van der Waals surface area contributed by atoms with E-state index >= 15 is 0 Å². The van der Waals surface area contributed by atoms with Gasteiger partial charge in [-0.3, -0.25) is 0 Å². The van der Waals surface area contributed by atoms with Crippen molar-refractivity contribution in [2.24, 2.45) is 0 Å². The highest BCUT2D eigenvalue weighted by Gasteiger charge is 2.24. The van der Waals surface area contributed by atoms with Crippen LogP contribution in [0.2, 0.25) is 5.15 Å². The van der Waals surface area contributed by atoms with Gasteiger partial charge in [0.25, 0.3) is 0 Å². The van der Waals surface area contributed by atoms with Crippen LogP contribution in [0.15, 0.2) is 12.3 Å². The number of epoxide rings is 1. The van der Waals surface area contributed by atoms with Gasteiger partial charge >= 0.3 is 0 Å². The van der Waals surface area contributed by atoms with Gasteiger partial charge in [0.2, 0.25) is 0 Å². The van der Waals surface area contributed by atoms with Gasteiger partial charge in [-0.2, -0.15) is 0 Å². The molecule has 2 nitrogen and oxygen atoms in total. The second-order valence-corrected chi connectivity index (χ2v) is 3.41. The Hall–Kier alpha value is -0.600. The van der Waals surface area contributed by atoms with Gasteiger partial charge in [-0.25, -0.2) is 4.98 Å². The van der Waals surface area contributed by atoms with E-state index in [1.165, 1.54) is 5.56 Å². The number of hydrogen-bond acceptors (Lipinski definition) is 2. The SMILES string of the molecule is Cc1ccnc(Cl)c1CC1CO1. The summed E-state index contributed by atoms with van der Waals surface area (Å²) in [5.74, 6) is 0. The molecule has 64 valence electrons. The maximum atomic E-state index is 5.93. The van der Waals surface area contributed by atoms with E-state index in [1.54, 1.807) is 6.20 Å². The monoisotopic (exact) mass is 183 g/mol. The van der Waals surface area contributed by atoms with Crippen LogP contribution in [0.3, 0.4) is 0 Å². The number of hydrogen-bond donors (Lipinski definition) is 0. The summed E-state index contributed by atoms with van der Waals surface area (Å²) in [6, 6.07) is 1.98. The summed E-state index contributed by atoms with van der Waals surface area (Å²) in [6.07, 6.45) is 3.01. The number of nitrogens with zero attached hydrogens (tertiary/aromatic N) is 1. The third-order valence-corrected chi connectivity index (χ3v) is 2.40. The Morgan fingerprint density at radius 3 is 3.08 bits per heavy atom. The van der Waals surface area contributed by atoms with Gasteiger partial charge in [-0.1, -0.05) is 11.6 Å². The van der Waals surface area contributed by atoms with Gasteiger partial charge in [-0.05, 0) is 24.1 Å². The third-order valence-electron chi connectivity index (χ3n) is 2.07. The van der Waals surface area contributed by atoms with Crippen LogP contribution < -0.4 is 0 Å². The Kier molecular flexibility index (Phi) is 2.03. The lowest BCUT2D eigenvalue weighted by molar-refractivity contribution is 0.407. The Morgan fingerprint density at radius 2 is 2.50 bits per heavy atom. The summed E-state index contributed by atoms with van der Waals surface area (Å²) in [6.45, 7) is 2.91. The maximum absolute atomic E-state index is 5.93. The summed E-state index contributed by atoms with van der Waals surface area (Å²) in [4.78, 5) is 4.03. The van der Waals surface area contributed by atoms with Crippen LogP contribution in [0.5, 0.6) is 0 Å². The lowest BCUT2D eigenvalue weighted by atomic mass is 10.1. The summed E-state index contributed by atoms with van der Waals surface area (Å²) in [5.41, 5.74) is 2.33. The second-order valence-electron chi connectivity index (χ2n) is 3.06. The minimum Gasteiger partial charge on any atom is -0.373 e. The summed E-state index contributed by atoms with van der Waals surface area (Å²) >= 11 is 5.93. The molecule has 0 N–H and O–H groups in total. The molecular formula is C9H10ClNO. The van der Waals surface area contributed by atoms with Crippen LogP contribution in [0.25, 0.3) is 0 Å². The van der Waals surface area contributed by atoms with Crippen molar-refractivity contribution >= 4 is 11.6 Å². The molecule has 2 heterocycles. The first-order chi connectivity index (χ1) is 5.77. The highest BCUT2D eigenvalue weighted by atomic mass is 35.5. The molecule has 0 aliphatic carbocycles. The fourth-order valence-electron chi connectivity index (χ4n) is 1.21. The average Bonchev–Trinajstić information content (AvgIpc) is 2.80. The van der Waals surface area contributed by atoms with Crippen LogP contribution in [-0.4, -0.2) is 17.7 Å². The van der Waals surface area contributed by atoms with Crippen LogP contribution in [0, 0.1) is 6.92 Å². The topological polar surface area (TPSA) is 25.4 Å². The lowest BCUT2D eigenvalue weighted by Gasteiger charge is -2.04. The van der Waals surface area contributed by atoms with Gasteiger partial charge in [0.15, 0.2) is 0 Å². The Morgan fingerprint density at radius 1 is 1.75 bits per heavy atom. The molecular weight excluding hydrogens is 174 g/mol. The summed E-state index contributed by atoms with van der Waals surface area (Å²) < 4.78 is 5.14. The van der Waals surface area contributed by atoms with Crippen molar-refractivity contribution in [2.45, 2.75) is 19.4 Å². The van der Waals surface area contributed by atoms with Crippen molar-refractivity contribution in [3.63, 3.8) is 0 Å². The zero-order chi connectivity index (χ0) is 8.55. The Balaban J connectivity index is 2.26. The highest BCUT2D eigenvalue weighted by Crippen LogP contribution is 2.23. The molecule has 0 radical (unpaired) electrons. The number of aryl methyl sites for hydroxylation is 1. The number of pyridine rings is 1. The molecule has 1 aliphatic heterocycles. The fourth-order valence-corrected chi connectivity index (χ4v) is 1.50. The van der Waals surface area contributed by atoms with E-state index < -0.39 is 0 Å². The van der Waals surface area contributed by atoms with Crippen molar-refractivity contribution < 1.29 is 4.74 Å². The summed E-state index contributed by atoms with van der Waals surface area (Å²) in [5, 5.41) is 0.616. The largest absolute Gasteiger partial charge is 0.373 e. The number of halogens is 1. The standard InChI is InChI=1S/C9H10ClNO/c1-6-2-3-11-9(10)8(6)4-7-5-12-7/h2-3,7H,4-5H2,1H3. The Labute approximate surface area is 76.5 Å². The van der Waals surface area contributed by atoms with E-state index in [-0.39, 0.29) is 0 Å². The molecule has 0 bridgehead atoms. The first kappa shape index (κ1) is 8.02. The van der Waals surface area contributed by atoms with E-state index in [1.807, 2.05) is 13.0 Å². The first-order valence-electron chi connectivity index (χ1n) is 3.99. The molecule has 1 aliphatic rings. The molecule has 0 saturated carbocycles. The molecule has 0 spiro atoms. The van der Waals surface area contributed by atoms with E-state index in [0.717, 1.165) is 18.6 Å². The first-order valence-corrected chi connectivity index (χ1v) is 4.37. The highest BCUT2D eigenvalue weighted by molar-refractivity contribution is 6.30. The zero-order valence-corrected chi connectivity index (χ0v) is 7.64. The van der Waals surface area contributed by atoms with Crippen LogP contribution in [0.4, 0.5) is 0 Å². The molecule has 1 saturated heterocycles. The van der Waals surface area contributed by atoms with Gasteiger partial charge in [0.05, 0.1) is 12.7 Å². The van der Waals surface area contributed by atoms with Gasteiger partial charge in [-0.15, -0.1) is 0 Å². The van der Waals surface area contributed by atoms with Crippen LogP contribution in [0.1, 0.15) is 11.1 Å². The minimum absolute atomic E-state index is 0.380. The molecule has 1 atom stereocenters. The normalized spacial score (nSPS) is 21.0. The second kappa shape index (κ2) is 3.04. The third kappa shape index (κ3) is 1.59. The molecule has 12 heavy (non-hydrogen) atoms. The molecule has 0 amide bonds. The maximum Gasteiger partial charge on any atom is 0.132 e. The molecule has 1 fully saturated rings. The molecule has 2 rings (SSSR count). The number of ether oxygens (including phenoxy) is 1. The summed E-state index contributed by atoms with van der Waals surface area (Å²) in [7, 11) is 0. The van der Waals surface area contributed by atoms with E-state index in [9.17, 15) is 0 Å². The van der Waals surface area contributed by atoms with Crippen molar-refractivity contribution in [2.75, 3.05) is 6.61 Å². The zero-order valence-electron chi connectivity index (χ0n) is 6.88. The van der Waals surface area contributed by atoms with Crippen molar-refractivity contribution in [3.8, 4) is 0 Å². The molecule has 1 aromatic rings. The quantitative estimate of drug-likeness (QED) is 0.518. The van der Waals surface area contributed by atoms with Crippen LogP contribution in [-0.2, 0) is 11.2 Å². The van der Waals surface area contributed by atoms with E-state index in [4.69, 9.17) is 16.3 Å². The van der Waals surface area contributed by atoms with E-state index in [0.29, 0.717) is 11.3 Å². The van der Waals surface area contributed by atoms with E-state index in [2.05, 4.69) is 4.98 Å². The minimum atomic E-state index is 0.380. The fraction of sp³-hybridized carbons (Fsp3) is 0.444. The molecule has 3 heteroatoms. The molecule has 1 unspecified atom stereocenters.